The fourth-order valence-electron chi connectivity index (χ4n) is 2.75. The van der Waals surface area contributed by atoms with E-state index in [1.54, 1.807) is 34.1 Å². The number of fused-ring (bicyclic) bond motifs is 1. The molecule has 3 N–H and O–H groups in total. The van der Waals surface area contributed by atoms with E-state index in [0.29, 0.717) is 36.7 Å². The highest BCUT2D eigenvalue weighted by Crippen LogP contribution is 2.17. The van der Waals surface area contributed by atoms with E-state index in [-0.39, 0.29) is 18.0 Å². The Bertz CT molecular complexity index is 601. The minimum Gasteiger partial charge on any atom is -0.389 e. The molecule has 1 atom stereocenters. The molecule has 2 heterocycles. The lowest BCUT2D eigenvalue weighted by atomic mass is 10.1. The van der Waals surface area contributed by atoms with Gasteiger partial charge in [0.25, 0.3) is 5.91 Å². The highest BCUT2D eigenvalue weighted by molar-refractivity contribution is 7.80. The van der Waals surface area contributed by atoms with Gasteiger partial charge in [0.1, 0.15) is 4.99 Å². The number of rotatable bonds is 2. The van der Waals surface area contributed by atoms with E-state index < -0.39 is 0 Å². The smallest absolute Gasteiger partial charge is 0.317 e. The van der Waals surface area contributed by atoms with Crippen molar-refractivity contribution < 1.29 is 9.59 Å². The average Bonchev–Trinajstić information content (AvgIpc) is 2.87. The summed E-state index contributed by atoms with van der Waals surface area (Å²) in [5, 5.41) is 2.80. The van der Waals surface area contributed by atoms with E-state index >= 15 is 0 Å². The topological polar surface area (TPSA) is 78.7 Å². The van der Waals surface area contributed by atoms with Gasteiger partial charge in [-0.1, -0.05) is 24.4 Å². The Hall–Kier alpha value is -2.15. The second-order valence-electron chi connectivity index (χ2n) is 5.23. The van der Waals surface area contributed by atoms with Crippen LogP contribution in [0.2, 0.25) is 0 Å². The maximum Gasteiger partial charge on any atom is 0.317 e. The number of carbonyl (C=O) groups excluding carboxylic acids is 2. The van der Waals surface area contributed by atoms with E-state index in [1.807, 2.05) is 0 Å². The van der Waals surface area contributed by atoms with E-state index in [9.17, 15) is 9.59 Å². The molecule has 0 radical (unpaired) electrons. The number of nitrogens with zero attached hydrogens (tertiary/aromatic N) is 2. The minimum atomic E-state index is -0.0343. The van der Waals surface area contributed by atoms with Gasteiger partial charge in [0.15, 0.2) is 0 Å². The molecule has 2 aliphatic heterocycles. The van der Waals surface area contributed by atoms with Crippen LogP contribution in [0, 0.1) is 0 Å². The zero-order valence-electron chi connectivity index (χ0n) is 11.4. The molecule has 0 aliphatic carbocycles. The first-order valence-corrected chi connectivity index (χ1v) is 7.20. The molecule has 21 heavy (non-hydrogen) atoms. The third kappa shape index (κ3) is 2.56. The van der Waals surface area contributed by atoms with Crippen molar-refractivity contribution in [2.24, 2.45) is 5.73 Å². The largest absolute Gasteiger partial charge is 0.389 e. The third-order valence-electron chi connectivity index (χ3n) is 3.94. The highest BCUT2D eigenvalue weighted by Gasteiger charge is 2.36. The van der Waals surface area contributed by atoms with Gasteiger partial charge in [-0.3, -0.25) is 4.79 Å². The quantitative estimate of drug-likeness (QED) is 0.764. The summed E-state index contributed by atoms with van der Waals surface area (Å²) in [6.07, 6.45) is 0. The van der Waals surface area contributed by atoms with Crippen molar-refractivity contribution in [2.75, 3.05) is 26.2 Å². The lowest BCUT2D eigenvalue weighted by Crippen LogP contribution is -2.53. The zero-order chi connectivity index (χ0) is 15.0. The molecule has 110 valence electrons. The van der Waals surface area contributed by atoms with Gasteiger partial charge in [-0.2, -0.15) is 0 Å². The summed E-state index contributed by atoms with van der Waals surface area (Å²) >= 11 is 4.90. The molecule has 3 amide bonds. The Kier molecular flexibility index (Phi) is 3.50. The number of amides is 3. The Balaban J connectivity index is 1.71. The van der Waals surface area contributed by atoms with E-state index in [0.717, 1.165) is 5.56 Å². The summed E-state index contributed by atoms with van der Waals surface area (Å²) in [6.45, 7) is 2.30. The van der Waals surface area contributed by atoms with Crippen LogP contribution in [0.4, 0.5) is 4.79 Å². The van der Waals surface area contributed by atoms with Gasteiger partial charge in [0, 0.05) is 37.3 Å². The van der Waals surface area contributed by atoms with Gasteiger partial charge in [-0.05, 0) is 12.1 Å². The van der Waals surface area contributed by atoms with Crippen molar-refractivity contribution in [3.05, 3.63) is 35.4 Å². The molecule has 6 nitrogen and oxygen atoms in total. The van der Waals surface area contributed by atoms with Crippen molar-refractivity contribution in [1.82, 2.24) is 15.1 Å². The molecule has 0 spiro atoms. The summed E-state index contributed by atoms with van der Waals surface area (Å²) < 4.78 is 0. The number of thiocarbonyl (C=S) groups is 1. The average molecular weight is 304 g/mol. The van der Waals surface area contributed by atoms with Crippen LogP contribution in [0.1, 0.15) is 15.9 Å². The predicted molar refractivity (Wildman–Crippen MR) is 82.1 cm³/mol. The van der Waals surface area contributed by atoms with Gasteiger partial charge in [0.05, 0.1) is 6.04 Å². The van der Waals surface area contributed by atoms with Crippen LogP contribution in [-0.2, 0) is 0 Å². The lowest BCUT2D eigenvalue weighted by Gasteiger charge is -2.36. The summed E-state index contributed by atoms with van der Waals surface area (Å²) in [7, 11) is 0. The zero-order valence-corrected chi connectivity index (χ0v) is 12.2. The maximum atomic E-state index is 12.5. The Morgan fingerprint density at radius 2 is 1.90 bits per heavy atom. The SMILES string of the molecule is NC(=S)c1ccc(C(=O)N2CCN3C(=O)NCC3C2)cc1. The van der Waals surface area contributed by atoms with Crippen molar-refractivity contribution in [2.45, 2.75) is 6.04 Å². The Labute approximate surface area is 127 Å². The molecule has 0 saturated carbocycles. The monoisotopic (exact) mass is 304 g/mol. The first kappa shape index (κ1) is 13.8. The number of hydrogen-bond acceptors (Lipinski definition) is 3. The molecular weight excluding hydrogens is 288 g/mol. The Morgan fingerprint density at radius 3 is 2.57 bits per heavy atom. The number of hydrogen-bond donors (Lipinski definition) is 2. The minimum absolute atomic E-state index is 0.0245. The molecule has 1 unspecified atom stereocenters. The first-order chi connectivity index (χ1) is 10.1. The standard InChI is InChI=1S/C14H16N4O2S/c15-12(21)9-1-3-10(4-2-9)13(19)17-5-6-18-11(8-17)7-16-14(18)20/h1-4,11H,5-8H2,(H2,15,21)(H,16,20). The summed E-state index contributed by atoms with van der Waals surface area (Å²) in [4.78, 5) is 27.9. The summed E-state index contributed by atoms with van der Waals surface area (Å²) in [5.74, 6) is -0.0245. The van der Waals surface area contributed by atoms with Gasteiger partial charge in [-0.25, -0.2) is 4.79 Å². The molecule has 7 heteroatoms. The van der Waals surface area contributed by atoms with Crippen molar-refractivity contribution in [1.29, 1.82) is 0 Å². The predicted octanol–water partition coefficient (Wildman–Crippen LogP) is 0.170. The van der Waals surface area contributed by atoms with Crippen LogP contribution in [0.15, 0.2) is 24.3 Å². The van der Waals surface area contributed by atoms with Crippen LogP contribution in [0.25, 0.3) is 0 Å². The van der Waals surface area contributed by atoms with Crippen LogP contribution in [-0.4, -0.2) is 58.9 Å². The number of nitrogens with two attached hydrogens (primary N) is 1. The van der Waals surface area contributed by atoms with Gasteiger partial charge < -0.3 is 20.9 Å². The van der Waals surface area contributed by atoms with Crippen LogP contribution >= 0.6 is 12.2 Å². The lowest BCUT2D eigenvalue weighted by molar-refractivity contribution is 0.0617. The Morgan fingerprint density at radius 1 is 1.24 bits per heavy atom. The summed E-state index contributed by atoms with van der Waals surface area (Å²) in [5.41, 5.74) is 6.90. The van der Waals surface area contributed by atoms with Crippen molar-refractivity contribution in [3.63, 3.8) is 0 Å². The second-order valence-corrected chi connectivity index (χ2v) is 5.67. The van der Waals surface area contributed by atoms with Gasteiger partial charge >= 0.3 is 6.03 Å². The first-order valence-electron chi connectivity index (χ1n) is 6.80. The molecule has 2 saturated heterocycles. The van der Waals surface area contributed by atoms with Crippen molar-refractivity contribution >= 4 is 29.1 Å². The normalized spacial score (nSPS) is 21.0. The molecule has 0 bridgehead atoms. The number of carbonyl (C=O) groups is 2. The number of benzene rings is 1. The van der Waals surface area contributed by atoms with Crippen LogP contribution in [0.5, 0.6) is 0 Å². The number of nitrogens with one attached hydrogen (secondary N) is 1. The molecule has 2 fully saturated rings. The van der Waals surface area contributed by atoms with E-state index in [4.69, 9.17) is 18.0 Å². The molecule has 3 rings (SSSR count). The molecule has 0 aromatic heterocycles. The molecule has 1 aromatic rings. The molecular formula is C14H16N4O2S. The fourth-order valence-corrected chi connectivity index (χ4v) is 2.88. The van der Waals surface area contributed by atoms with Crippen LogP contribution in [0.3, 0.4) is 0 Å². The van der Waals surface area contributed by atoms with Crippen LogP contribution < -0.4 is 11.1 Å². The van der Waals surface area contributed by atoms with E-state index in [1.165, 1.54) is 0 Å². The second kappa shape index (κ2) is 5.33. The number of urea groups is 1. The summed E-state index contributed by atoms with van der Waals surface area (Å²) in [6, 6.07) is 7.03. The fraction of sp³-hybridized carbons (Fsp3) is 0.357. The number of piperazine rings is 1. The highest BCUT2D eigenvalue weighted by atomic mass is 32.1. The maximum absolute atomic E-state index is 12.5. The molecule has 1 aromatic carbocycles. The van der Waals surface area contributed by atoms with Gasteiger partial charge in [0.2, 0.25) is 0 Å². The third-order valence-corrected chi connectivity index (χ3v) is 4.17. The van der Waals surface area contributed by atoms with E-state index in [2.05, 4.69) is 5.32 Å². The molecule has 2 aliphatic rings. The van der Waals surface area contributed by atoms with Crippen molar-refractivity contribution in [3.8, 4) is 0 Å². The van der Waals surface area contributed by atoms with Gasteiger partial charge in [-0.15, -0.1) is 0 Å².